The molecule has 1 N–H and O–H groups in total. The van der Waals surface area contributed by atoms with Crippen molar-refractivity contribution in [2.45, 2.75) is 76.8 Å². The molecule has 0 unspecified atom stereocenters. The molecule has 4 atom stereocenters. The van der Waals surface area contributed by atoms with Gasteiger partial charge in [0.25, 0.3) is 0 Å². The molecule has 1 heterocycles. The minimum atomic E-state index is -1.88. The van der Waals surface area contributed by atoms with Crippen molar-refractivity contribution in [3.63, 3.8) is 0 Å². The van der Waals surface area contributed by atoms with Gasteiger partial charge in [0.2, 0.25) is 0 Å². The summed E-state index contributed by atoms with van der Waals surface area (Å²) < 4.78 is 17.1. The van der Waals surface area contributed by atoms with Crippen LogP contribution in [0.1, 0.15) is 34.1 Å². The van der Waals surface area contributed by atoms with Gasteiger partial charge in [0, 0.05) is 13.5 Å². The zero-order valence-corrected chi connectivity index (χ0v) is 13.7. The van der Waals surface area contributed by atoms with Gasteiger partial charge in [0.1, 0.15) is 6.10 Å². The summed E-state index contributed by atoms with van der Waals surface area (Å²) in [5.41, 5.74) is 0. The molecule has 0 aliphatic carbocycles. The first kappa shape index (κ1) is 16.1. The lowest BCUT2D eigenvalue weighted by Crippen LogP contribution is -2.54. The van der Waals surface area contributed by atoms with Gasteiger partial charge in [-0.25, -0.2) is 0 Å². The Hall–Kier alpha value is 0.0569. The molecule has 108 valence electrons. The highest BCUT2D eigenvalue weighted by Crippen LogP contribution is 2.39. The normalized spacial score (nSPS) is 34.7. The van der Waals surface area contributed by atoms with Crippen LogP contribution >= 0.6 is 0 Å². The molecule has 0 amide bonds. The highest BCUT2D eigenvalue weighted by molar-refractivity contribution is 6.74. The van der Waals surface area contributed by atoms with Crippen molar-refractivity contribution >= 4 is 8.32 Å². The molecule has 18 heavy (non-hydrogen) atoms. The van der Waals surface area contributed by atoms with Crippen LogP contribution in [-0.4, -0.2) is 45.1 Å². The highest BCUT2D eigenvalue weighted by atomic mass is 28.4. The van der Waals surface area contributed by atoms with Crippen LogP contribution in [0.25, 0.3) is 0 Å². The van der Waals surface area contributed by atoms with Crippen LogP contribution in [0.4, 0.5) is 0 Å². The smallest absolute Gasteiger partial charge is 0.192 e. The van der Waals surface area contributed by atoms with Crippen molar-refractivity contribution in [1.82, 2.24) is 0 Å². The molecule has 1 saturated heterocycles. The van der Waals surface area contributed by atoms with E-state index in [0.29, 0.717) is 6.42 Å². The van der Waals surface area contributed by atoms with Crippen LogP contribution in [0.3, 0.4) is 0 Å². The molecule has 0 aromatic heterocycles. The average molecular weight is 276 g/mol. The van der Waals surface area contributed by atoms with E-state index in [4.69, 9.17) is 13.9 Å². The van der Waals surface area contributed by atoms with E-state index < -0.39 is 14.4 Å². The summed E-state index contributed by atoms with van der Waals surface area (Å²) in [6.45, 7) is 12.8. The van der Waals surface area contributed by atoms with Crippen molar-refractivity contribution in [2.75, 3.05) is 7.11 Å². The lowest BCUT2D eigenvalue weighted by atomic mass is 10.0. The van der Waals surface area contributed by atoms with E-state index in [1.165, 1.54) is 0 Å². The van der Waals surface area contributed by atoms with Crippen LogP contribution in [0.15, 0.2) is 0 Å². The molecule has 4 nitrogen and oxygen atoms in total. The number of methoxy groups -OCH3 is 1. The minimum Gasteiger partial charge on any atom is -0.411 e. The van der Waals surface area contributed by atoms with Crippen molar-refractivity contribution < 1.29 is 19.0 Å². The van der Waals surface area contributed by atoms with Crippen molar-refractivity contribution in [3.8, 4) is 0 Å². The summed E-state index contributed by atoms with van der Waals surface area (Å²) in [7, 11) is -0.254. The Labute approximate surface area is 112 Å². The van der Waals surface area contributed by atoms with Gasteiger partial charge in [-0.05, 0) is 25.1 Å². The van der Waals surface area contributed by atoms with Crippen molar-refractivity contribution in [3.05, 3.63) is 0 Å². The monoisotopic (exact) mass is 276 g/mol. The van der Waals surface area contributed by atoms with Crippen LogP contribution in [0.2, 0.25) is 18.1 Å². The zero-order chi connectivity index (χ0) is 14.1. The molecule has 0 bridgehead atoms. The summed E-state index contributed by atoms with van der Waals surface area (Å²) in [4.78, 5) is 0. The van der Waals surface area contributed by atoms with E-state index in [-0.39, 0.29) is 23.5 Å². The lowest BCUT2D eigenvalue weighted by molar-refractivity contribution is -0.234. The molecular weight excluding hydrogens is 248 g/mol. The lowest BCUT2D eigenvalue weighted by Gasteiger charge is -2.44. The summed E-state index contributed by atoms with van der Waals surface area (Å²) in [6.07, 6.45) is -0.712. The second-order valence-corrected chi connectivity index (χ2v) is 11.4. The van der Waals surface area contributed by atoms with Gasteiger partial charge >= 0.3 is 0 Å². The number of aliphatic hydroxyl groups excluding tert-OH is 1. The molecule has 0 radical (unpaired) electrons. The van der Waals surface area contributed by atoms with E-state index in [2.05, 4.69) is 33.9 Å². The van der Waals surface area contributed by atoms with E-state index in [9.17, 15) is 5.11 Å². The molecule has 1 rings (SSSR count). The van der Waals surface area contributed by atoms with Crippen molar-refractivity contribution in [1.29, 1.82) is 0 Å². The summed E-state index contributed by atoms with van der Waals surface area (Å²) in [5, 5.41) is 10.3. The molecule has 0 aromatic rings. The van der Waals surface area contributed by atoms with Crippen LogP contribution < -0.4 is 0 Å². The zero-order valence-electron chi connectivity index (χ0n) is 12.7. The maximum Gasteiger partial charge on any atom is 0.192 e. The quantitative estimate of drug-likeness (QED) is 0.805. The van der Waals surface area contributed by atoms with E-state index in [1.807, 2.05) is 6.92 Å². The van der Waals surface area contributed by atoms with E-state index in [0.717, 1.165) is 0 Å². The molecule has 1 aliphatic rings. The van der Waals surface area contributed by atoms with Crippen molar-refractivity contribution in [2.24, 2.45) is 0 Å². The van der Waals surface area contributed by atoms with Crippen LogP contribution in [-0.2, 0) is 13.9 Å². The van der Waals surface area contributed by atoms with Crippen LogP contribution in [0.5, 0.6) is 0 Å². The first-order valence-corrected chi connectivity index (χ1v) is 9.53. The summed E-state index contributed by atoms with van der Waals surface area (Å²) in [5.74, 6) is 0. The predicted octanol–water partition coefficient (Wildman–Crippen LogP) is 2.52. The van der Waals surface area contributed by atoms with Crippen LogP contribution in [0, 0.1) is 0 Å². The Morgan fingerprint density at radius 2 is 1.83 bits per heavy atom. The second kappa shape index (κ2) is 5.59. The Balaban J connectivity index is 2.75. The SMILES string of the molecule is CO[C@@H]1C[C@@H](O[Si](C)(C)C(C)(C)C)[C@@H](O)[C@@H](C)O1. The number of ether oxygens (including phenoxy) is 2. The molecule has 5 heteroatoms. The fourth-order valence-electron chi connectivity index (χ4n) is 1.83. The third-order valence-electron chi connectivity index (χ3n) is 4.17. The Bertz CT molecular complexity index is 275. The summed E-state index contributed by atoms with van der Waals surface area (Å²) >= 11 is 0. The molecule has 0 saturated carbocycles. The molecule has 1 aliphatic heterocycles. The molecule has 1 fully saturated rings. The first-order chi connectivity index (χ1) is 8.08. The standard InChI is InChI=1S/C13H28O4Si/c1-9-12(14)10(8-11(15-5)16-9)17-18(6,7)13(2,3)4/h9-12,14H,8H2,1-7H3/t9-,10-,11+,12+/m1/s1. The van der Waals surface area contributed by atoms with Gasteiger partial charge < -0.3 is 19.0 Å². The Morgan fingerprint density at radius 3 is 2.28 bits per heavy atom. The topological polar surface area (TPSA) is 47.9 Å². The summed E-state index contributed by atoms with van der Waals surface area (Å²) in [6, 6.07) is 0. The third kappa shape index (κ3) is 3.54. The van der Waals surface area contributed by atoms with E-state index >= 15 is 0 Å². The first-order valence-electron chi connectivity index (χ1n) is 6.62. The van der Waals surface area contributed by atoms with Gasteiger partial charge in [-0.2, -0.15) is 0 Å². The maximum atomic E-state index is 10.2. The third-order valence-corrected chi connectivity index (χ3v) is 8.67. The van der Waals surface area contributed by atoms with Gasteiger partial charge in [0.05, 0.1) is 12.2 Å². The minimum absolute atomic E-state index is 0.136. The molecule has 0 spiro atoms. The fourth-order valence-corrected chi connectivity index (χ4v) is 3.18. The van der Waals surface area contributed by atoms with Gasteiger partial charge in [-0.1, -0.05) is 20.8 Å². The molecular formula is C13H28O4Si. The fraction of sp³-hybridized carbons (Fsp3) is 1.00. The van der Waals surface area contributed by atoms with Gasteiger partial charge in [-0.3, -0.25) is 0 Å². The largest absolute Gasteiger partial charge is 0.411 e. The van der Waals surface area contributed by atoms with E-state index in [1.54, 1.807) is 7.11 Å². The number of hydrogen-bond acceptors (Lipinski definition) is 4. The Morgan fingerprint density at radius 1 is 1.28 bits per heavy atom. The van der Waals surface area contributed by atoms with Gasteiger partial charge in [-0.15, -0.1) is 0 Å². The maximum absolute atomic E-state index is 10.2. The molecule has 0 aromatic carbocycles. The Kier molecular flexibility index (Phi) is 5.00. The average Bonchev–Trinajstić information content (AvgIpc) is 2.22. The van der Waals surface area contributed by atoms with Gasteiger partial charge in [0.15, 0.2) is 14.6 Å². The highest BCUT2D eigenvalue weighted by Gasteiger charge is 2.44. The predicted molar refractivity (Wildman–Crippen MR) is 74.0 cm³/mol. The number of rotatable bonds is 3. The number of hydrogen-bond donors (Lipinski definition) is 1. The number of aliphatic hydroxyl groups is 1. The second-order valence-electron chi connectivity index (χ2n) is 6.65.